The average molecular weight is 435 g/mol. The fourth-order valence-corrected chi connectivity index (χ4v) is 3.53. The Hall–Kier alpha value is -2.06. The van der Waals surface area contributed by atoms with Crippen molar-refractivity contribution in [3.8, 4) is 11.4 Å². The lowest BCUT2D eigenvalue weighted by molar-refractivity contribution is -0.113. The fraction of sp³-hybridized carbons (Fsp3) is 0.278. The molecule has 3 rings (SSSR count). The molecule has 0 atom stereocenters. The molecule has 0 saturated carbocycles. The first-order chi connectivity index (χ1) is 12.6. The largest absolute Gasteiger partial charge is 0.469 e. The van der Waals surface area contributed by atoms with Gasteiger partial charge in [-0.25, -0.2) is 0 Å². The summed E-state index contributed by atoms with van der Waals surface area (Å²) in [5.41, 5.74) is 1.70. The highest BCUT2D eigenvalue weighted by molar-refractivity contribution is 9.10. The molecule has 8 heteroatoms. The van der Waals surface area contributed by atoms with Crippen molar-refractivity contribution in [3.63, 3.8) is 0 Å². The number of benzene rings is 1. The normalized spacial score (nSPS) is 10.9. The van der Waals surface area contributed by atoms with E-state index in [0.717, 1.165) is 45.4 Å². The van der Waals surface area contributed by atoms with E-state index in [1.54, 1.807) is 6.26 Å². The Kier molecular flexibility index (Phi) is 6.16. The molecule has 2 aromatic heterocycles. The molecule has 0 unspecified atom stereocenters. The zero-order valence-electron chi connectivity index (χ0n) is 14.5. The van der Waals surface area contributed by atoms with E-state index >= 15 is 0 Å². The van der Waals surface area contributed by atoms with E-state index in [-0.39, 0.29) is 11.7 Å². The molecule has 2 heterocycles. The SMILES string of the molecule is CCCn1c(SCC(=O)Nc2ccc(Br)cc2)nnc1-c1ccoc1C. The molecular formula is C18H19BrN4O2S. The van der Waals surface area contributed by atoms with Crippen molar-refractivity contribution in [2.24, 2.45) is 0 Å². The number of furan rings is 1. The highest BCUT2D eigenvalue weighted by Crippen LogP contribution is 2.27. The van der Waals surface area contributed by atoms with Crippen LogP contribution in [0, 0.1) is 6.92 Å². The Morgan fingerprint density at radius 1 is 1.27 bits per heavy atom. The van der Waals surface area contributed by atoms with E-state index in [1.807, 2.05) is 41.8 Å². The summed E-state index contributed by atoms with van der Waals surface area (Å²) in [4.78, 5) is 12.2. The molecule has 26 heavy (non-hydrogen) atoms. The van der Waals surface area contributed by atoms with Gasteiger partial charge >= 0.3 is 0 Å². The van der Waals surface area contributed by atoms with Gasteiger partial charge < -0.3 is 14.3 Å². The average Bonchev–Trinajstić information content (AvgIpc) is 3.21. The maximum Gasteiger partial charge on any atom is 0.234 e. The molecule has 6 nitrogen and oxygen atoms in total. The van der Waals surface area contributed by atoms with E-state index in [0.29, 0.717) is 0 Å². The first kappa shape index (κ1) is 18.7. The lowest BCUT2D eigenvalue weighted by atomic mass is 10.2. The second kappa shape index (κ2) is 8.55. The Labute approximate surface area is 164 Å². The number of nitrogens with one attached hydrogen (secondary N) is 1. The number of aromatic nitrogens is 3. The number of rotatable bonds is 7. The number of aryl methyl sites for hydroxylation is 1. The van der Waals surface area contributed by atoms with Gasteiger partial charge in [-0.05, 0) is 43.7 Å². The third-order valence-corrected chi connectivity index (χ3v) is 5.22. The minimum Gasteiger partial charge on any atom is -0.469 e. The number of halogens is 1. The molecule has 0 aliphatic carbocycles. The highest BCUT2D eigenvalue weighted by atomic mass is 79.9. The van der Waals surface area contributed by atoms with Crippen molar-refractivity contribution in [1.29, 1.82) is 0 Å². The quantitative estimate of drug-likeness (QED) is 0.543. The minimum atomic E-state index is -0.0792. The minimum absolute atomic E-state index is 0.0792. The molecule has 0 saturated heterocycles. The predicted molar refractivity (Wildman–Crippen MR) is 106 cm³/mol. The monoisotopic (exact) mass is 434 g/mol. The molecule has 1 N–H and O–H groups in total. The Morgan fingerprint density at radius 2 is 2.04 bits per heavy atom. The predicted octanol–water partition coefficient (Wildman–Crippen LogP) is 4.75. The van der Waals surface area contributed by atoms with Crippen LogP contribution >= 0.6 is 27.7 Å². The number of thioether (sulfide) groups is 1. The van der Waals surface area contributed by atoms with Crippen molar-refractivity contribution in [1.82, 2.24) is 14.8 Å². The summed E-state index contributed by atoms with van der Waals surface area (Å²) >= 11 is 4.76. The van der Waals surface area contributed by atoms with Crippen LogP contribution < -0.4 is 5.32 Å². The summed E-state index contributed by atoms with van der Waals surface area (Å²) in [6.07, 6.45) is 2.59. The molecule has 0 fully saturated rings. The van der Waals surface area contributed by atoms with Crippen LogP contribution in [-0.4, -0.2) is 26.4 Å². The molecule has 0 spiro atoms. The van der Waals surface area contributed by atoms with Crippen LogP contribution in [0.3, 0.4) is 0 Å². The molecule has 0 bridgehead atoms. The number of hydrogen-bond acceptors (Lipinski definition) is 5. The van der Waals surface area contributed by atoms with Gasteiger partial charge in [0.25, 0.3) is 0 Å². The van der Waals surface area contributed by atoms with Crippen LogP contribution in [-0.2, 0) is 11.3 Å². The zero-order valence-corrected chi connectivity index (χ0v) is 16.9. The number of hydrogen-bond donors (Lipinski definition) is 1. The summed E-state index contributed by atoms with van der Waals surface area (Å²) < 4.78 is 8.39. The van der Waals surface area contributed by atoms with E-state index < -0.39 is 0 Å². The van der Waals surface area contributed by atoms with E-state index in [1.165, 1.54) is 11.8 Å². The second-order valence-electron chi connectivity index (χ2n) is 5.69. The van der Waals surface area contributed by atoms with Gasteiger partial charge in [-0.15, -0.1) is 10.2 Å². The number of anilines is 1. The van der Waals surface area contributed by atoms with Crippen LogP contribution in [0.5, 0.6) is 0 Å². The third-order valence-electron chi connectivity index (χ3n) is 3.72. The molecule has 1 aromatic carbocycles. The summed E-state index contributed by atoms with van der Waals surface area (Å²) in [6, 6.07) is 9.37. The first-order valence-corrected chi connectivity index (χ1v) is 10.0. The van der Waals surface area contributed by atoms with Gasteiger partial charge in [-0.3, -0.25) is 4.79 Å². The number of carbonyl (C=O) groups excluding carboxylic acids is 1. The lowest BCUT2D eigenvalue weighted by Crippen LogP contribution is -2.14. The summed E-state index contributed by atoms with van der Waals surface area (Å²) in [6.45, 7) is 4.78. The van der Waals surface area contributed by atoms with Crippen molar-refractivity contribution in [2.45, 2.75) is 32.0 Å². The molecular weight excluding hydrogens is 416 g/mol. The number of nitrogens with zero attached hydrogens (tertiary/aromatic N) is 3. The fourth-order valence-electron chi connectivity index (χ4n) is 2.50. The zero-order chi connectivity index (χ0) is 18.5. The van der Waals surface area contributed by atoms with Gasteiger partial charge in [0.05, 0.1) is 17.6 Å². The van der Waals surface area contributed by atoms with Gasteiger partial charge in [0.15, 0.2) is 11.0 Å². The van der Waals surface area contributed by atoms with E-state index in [9.17, 15) is 4.79 Å². The van der Waals surface area contributed by atoms with Crippen molar-refractivity contribution in [2.75, 3.05) is 11.1 Å². The first-order valence-electron chi connectivity index (χ1n) is 8.24. The summed E-state index contributed by atoms with van der Waals surface area (Å²) in [5, 5.41) is 12.2. The van der Waals surface area contributed by atoms with Crippen LogP contribution in [0.25, 0.3) is 11.4 Å². The number of amides is 1. The molecule has 1 amide bonds. The van der Waals surface area contributed by atoms with Crippen molar-refractivity contribution < 1.29 is 9.21 Å². The maximum absolute atomic E-state index is 12.2. The van der Waals surface area contributed by atoms with E-state index in [4.69, 9.17) is 4.42 Å². The van der Waals surface area contributed by atoms with Crippen LogP contribution in [0.15, 0.2) is 50.6 Å². The van der Waals surface area contributed by atoms with E-state index in [2.05, 4.69) is 38.4 Å². The summed E-state index contributed by atoms with van der Waals surface area (Å²) in [7, 11) is 0. The standard InChI is InChI=1S/C18H19BrN4O2S/c1-3-9-23-17(15-8-10-25-12(15)2)21-22-18(23)26-11-16(24)20-14-6-4-13(19)5-7-14/h4-8,10H,3,9,11H2,1-2H3,(H,20,24). The van der Waals surface area contributed by atoms with Gasteiger partial charge in [0.2, 0.25) is 5.91 Å². The highest BCUT2D eigenvalue weighted by Gasteiger charge is 2.17. The Morgan fingerprint density at radius 3 is 2.69 bits per heavy atom. The number of carbonyl (C=O) groups is 1. The molecule has 0 aliphatic heterocycles. The lowest BCUT2D eigenvalue weighted by Gasteiger charge is -2.09. The smallest absolute Gasteiger partial charge is 0.234 e. The third kappa shape index (κ3) is 4.37. The molecule has 136 valence electrons. The van der Waals surface area contributed by atoms with Gasteiger partial charge in [0, 0.05) is 16.7 Å². The van der Waals surface area contributed by atoms with Crippen LogP contribution in [0.4, 0.5) is 5.69 Å². The Bertz CT molecular complexity index is 889. The van der Waals surface area contributed by atoms with Gasteiger partial charge in [-0.2, -0.15) is 0 Å². The second-order valence-corrected chi connectivity index (χ2v) is 7.55. The topological polar surface area (TPSA) is 73.0 Å². The van der Waals surface area contributed by atoms with Gasteiger partial charge in [-0.1, -0.05) is 34.6 Å². The van der Waals surface area contributed by atoms with Crippen LogP contribution in [0.1, 0.15) is 19.1 Å². The van der Waals surface area contributed by atoms with Crippen LogP contribution in [0.2, 0.25) is 0 Å². The molecule has 3 aromatic rings. The maximum atomic E-state index is 12.2. The van der Waals surface area contributed by atoms with Gasteiger partial charge in [0.1, 0.15) is 5.76 Å². The summed E-state index contributed by atoms with van der Waals surface area (Å²) in [5.74, 6) is 1.76. The van der Waals surface area contributed by atoms with Crippen molar-refractivity contribution in [3.05, 3.63) is 46.8 Å². The molecule has 0 aliphatic rings. The Balaban J connectivity index is 1.69. The molecule has 0 radical (unpaired) electrons. The van der Waals surface area contributed by atoms with Crippen molar-refractivity contribution >= 4 is 39.3 Å².